The van der Waals surface area contributed by atoms with Crippen LogP contribution < -0.4 is 5.32 Å². The van der Waals surface area contributed by atoms with Crippen molar-refractivity contribution in [2.24, 2.45) is 7.05 Å². The molecule has 0 atom stereocenters. The molecule has 1 aromatic heterocycles. The summed E-state index contributed by atoms with van der Waals surface area (Å²) in [6.07, 6.45) is 5.40. The molecule has 0 spiro atoms. The Balaban J connectivity index is 1.83. The highest BCUT2D eigenvalue weighted by Gasteiger charge is 2.27. The van der Waals surface area contributed by atoms with Gasteiger partial charge in [0.2, 0.25) is 0 Å². The van der Waals surface area contributed by atoms with E-state index in [1.807, 2.05) is 20.8 Å². The van der Waals surface area contributed by atoms with Gasteiger partial charge in [0.25, 0.3) is 0 Å². The molecular formula is C18H31ClN4OS. The number of thioether (sulfide) groups is 1. The summed E-state index contributed by atoms with van der Waals surface area (Å²) in [5, 5.41) is 13.2. The van der Waals surface area contributed by atoms with E-state index in [9.17, 15) is 0 Å². The highest BCUT2D eigenvalue weighted by molar-refractivity contribution is 7.99. The Kier molecular flexibility index (Phi) is 7.50. The molecule has 1 N–H and O–H groups in total. The number of ether oxygens (including phenoxy) is 1. The van der Waals surface area contributed by atoms with E-state index in [-0.39, 0.29) is 5.60 Å². The zero-order valence-corrected chi connectivity index (χ0v) is 17.4. The van der Waals surface area contributed by atoms with Gasteiger partial charge >= 0.3 is 0 Å². The molecule has 1 aliphatic rings. The van der Waals surface area contributed by atoms with Crippen LogP contribution in [0.2, 0.25) is 0 Å². The number of hydrogen-bond donors (Lipinski definition) is 1. The molecule has 1 fully saturated rings. The van der Waals surface area contributed by atoms with Crippen LogP contribution in [-0.2, 0) is 11.8 Å². The highest BCUT2D eigenvalue weighted by Crippen LogP contribution is 2.33. The van der Waals surface area contributed by atoms with Crippen molar-refractivity contribution < 1.29 is 4.74 Å². The maximum Gasteiger partial charge on any atom is 0.190 e. The molecule has 1 saturated carbocycles. The average molecular weight is 387 g/mol. The fourth-order valence-electron chi connectivity index (χ4n) is 3.15. The lowest BCUT2D eigenvalue weighted by Crippen LogP contribution is -2.35. The fraction of sp³-hybridized carbons (Fsp3) is 0.778. The average Bonchev–Trinajstić information content (AvgIpc) is 2.88. The molecule has 25 heavy (non-hydrogen) atoms. The third-order valence-corrected chi connectivity index (χ3v) is 5.64. The molecular weight excluding hydrogens is 356 g/mol. The third-order valence-electron chi connectivity index (χ3n) is 4.26. The maximum absolute atomic E-state index is 5.78. The summed E-state index contributed by atoms with van der Waals surface area (Å²) in [5.41, 5.74) is -0.211. The van der Waals surface area contributed by atoms with E-state index in [0.717, 1.165) is 48.8 Å². The summed E-state index contributed by atoms with van der Waals surface area (Å²) in [5.74, 6) is 3.94. The van der Waals surface area contributed by atoms with Crippen molar-refractivity contribution in [2.45, 2.75) is 75.6 Å². The Morgan fingerprint density at radius 2 is 2.00 bits per heavy atom. The zero-order chi connectivity index (χ0) is 18.4. The summed E-state index contributed by atoms with van der Waals surface area (Å²) in [6, 6.07) is 0.428. The Morgan fingerprint density at radius 3 is 2.60 bits per heavy atom. The quantitative estimate of drug-likeness (QED) is 0.310. The monoisotopic (exact) mass is 386 g/mol. The molecule has 142 valence electrons. The van der Waals surface area contributed by atoms with Crippen molar-refractivity contribution in [2.75, 3.05) is 11.6 Å². The van der Waals surface area contributed by atoms with Gasteiger partial charge in [0.1, 0.15) is 11.4 Å². The van der Waals surface area contributed by atoms with Gasteiger partial charge in [0.15, 0.2) is 11.0 Å². The predicted molar refractivity (Wildman–Crippen MR) is 105 cm³/mol. The molecule has 1 aromatic rings. The fourth-order valence-corrected chi connectivity index (χ4v) is 4.30. The lowest BCUT2D eigenvalue weighted by Gasteiger charge is -2.31. The first-order valence-corrected chi connectivity index (χ1v) is 10.5. The van der Waals surface area contributed by atoms with Crippen LogP contribution in [0, 0.1) is 0 Å². The zero-order valence-electron chi connectivity index (χ0n) is 15.8. The summed E-state index contributed by atoms with van der Waals surface area (Å²) in [7, 11) is 2.07. The number of nitrogens with one attached hydrogen (secondary N) is 1. The van der Waals surface area contributed by atoms with Crippen molar-refractivity contribution in [3.8, 4) is 0 Å². The molecule has 0 amide bonds. The van der Waals surface area contributed by atoms with E-state index in [4.69, 9.17) is 16.3 Å². The SMILES string of the molecule is C=C(NC1CCC(c2nnc(SCCCCl)n2C)CC1)OC(C)(C)C. The van der Waals surface area contributed by atoms with E-state index < -0.39 is 0 Å². The van der Waals surface area contributed by atoms with Gasteiger partial charge in [-0.05, 0) is 59.5 Å². The molecule has 0 bridgehead atoms. The van der Waals surface area contributed by atoms with E-state index in [1.54, 1.807) is 11.8 Å². The van der Waals surface area contributed by atoms with Gasteiger partial charge in [-0.25, -0.2) is 0 Å². The lowest BCUT2D eigenvalue weighted by atomic mass is 9.85. The molecule has 5 nitrogen and oxygen atoms in total. The van der Waals surface area contributed by atoms with Crippen LogP contribution in [0.4, 0.5) is 0 Å². The normalized spacial score (nSPS) is 21.2. The van der Waals surface area contributed by atoms with Crippen molar-refractivity contribution in [1.29, 1.82) is 0 Å². The number of alkyl halides is 1. The van der Waals surface area contributed by atoms with E-state index in [1.165, 1.54) is 0 Å². The Bertz CT molecular complexity index is 562. The second kappa shape index (κ2) is 9.17. The van der Waals surface area contributed by atoms with Crippen molar-refractivity contribution in [3.05, 3.63) is 18.3 Å². The Labute approximate surface area is 160 Å². The minimum absolute atomic E-state index is 0.211. The van der Waals surface area contributed by atoms with Gasteiger partial charge in [-0.2, -0.15) is 0 Å². The number of nitrogens with zero attached hydrogens (tertiary/aromatic N) is 3. The first-order chi connectivity index (χ1) is 11.8. The summed E-state index contributed by atoms with van der Waals surface area (Å²) >= 11 is 7.48. The van der Waals surface area contributed by atoms with E-state index in [2.05, 4.69) is 33.7 Å². The van der Waals surface area contributed by atoms with Crippen LogP contribution in [0.15, 0.2) is 17.6 Å². The van der Waals surface area contributed by atoms with Crippen LogP contribution in [0.25, 0.3) is 0 Å². The maximum atomic E-state index is 5.78. The minimum atomic E-state index is -0.211. The topological polar surface area (TPSA) is 52.0 Å². The van der Waals surface area contributed by atoms with Crippen LogP contribution in [0.1, 0.15) is 64.6 Å². The molecule has 0 unspecified atom stereocenters. The van der Waals surface area contributed by atoms with Gasteiger partial charge < -0.3 is 14.6 Å². The van der Waals surface area contributed by atoms with Crippen LogP contribution >= 0.6 is 23.4 Å². The van der Waals surface area contributed by atoms with Crippen molar-refractivity contribution >= 4 is 23.4 Å². The van der Waals surface area contributed by atoms with Gasteiger partial charge in [-0.15, -0.1) is 21.8 Å². The second-order valence-corrected chi connectivity index (χ2v) is 9.06. The van der Waals surface area contributed by atoms with Gasteiger partial charge in [-0.1, -0.05) is 11.8 Å². The van der Waals surface area contributed by atoms with Crippen LogP contribution in [0.3, 0.4) is 0 Å². The molecule has 0 radical (unpaired) electrons. The lowest BCUT2D eigenvalue weighted by molar-refractivity contribution is 0.0366. The smallest absolute Gasteiger partial charge is 0.190 e. The van der Waals surface area contributed by atoms with Gasteiger partial charge in [-0.3, -0.25) is 0 Å². The molecule has 0 saturated heterocycles. The second-order valence-electron chi connectivity index (χ2n) is 7.62. The van der Waals surface area contributed by atoms with Gasteiger partial charge in [0, 0.05) is 30.6 Å². The van der Waals surface area contributed by atoms with E-state index >= 15 is 0 Å². The molecule has 1 heterocycles. The Morgan fingerprint density at radius 1 is 1.32 bits per heavy atom. The summed E-state index contributed by atoms with van der Waals surface area (Å²) in [4.78, 5) is 0. The van der Waals surface area contributed by atoms with Crippen LogP contribution in [0.5, 0.6) is 0 Å². The molecule has 2 rings (SSSR count). The summed E-state index contributed by atoms with van der Waals surface area (Å²) < 4.78 is 7.93. The molecule has 7 heteroatoms. The third kappa shape index (κ3) is 6.41. The molecule has 1 aliphatic carbocycles. The minimum Gasteiger partial charge on any atom is -0.474 e. The largest absolute Gasteiger partial charge is 0.474 e. The number of aromatic nitrogens is 3. The molecule has 0 aromatic carbocycles. The number of halogens is 1. The van der Waals surface area contributed by atoms with E-state index in [0.29, 0.717) is 23.7 Å². The highest BCUT2D eigenvalue weighted by atomic mass is 35.5. The van der Waals surface area contributed by atoms with Crippen LogP contribution in [-0.4, -0.2) is 38.0 Å². The predicted octanol–water partition coefficient (Wildman–Crippen LogP) is 4.44. The van der Waals surface area contributed by atoms with Crippen molar-refractivity contribution in [1.82, 2.24) is 20.1 Å². The van der Waals surface area contributed by atoms with Gasteiger partial charge in [0.05, 0.1) is 0 Å². The number of rotatable bonds is 8. The first kappa shape index (κ1) is 20.4. The van der Waals surface area contributed by atoms with Crippen molar-refractivity contribution in [3.63, 3.8) is 0 Å². The Hall–Kier alpha value is -0.880. The summed E-state index contributed by atoms with van der Waals surface area (Å²) in [6.45, 7) is 10.1. The standard InChI is InChI=1S/C18H31ClN4OS/c1-13(24-18(2,3)4)20-15-9-7-14(8-10-15)16-21-22-17(23(16)5)25-12-6-11-19/h14-15,20H,1,6-12H2,2-5H3. The first-order valence-electron chi connectivity index (χ1n) is 9.02. The number of hydrogen-bond acceptors (Lipinski definition) is 5. The molecule has 0 aliphatic heterocycles.